The lowest BCUT2D eigenvalue weighted by atomic mass is 9.92. The molecule has 24 heavy (non-hydrogen) atoms. The van der Waals surface area contributed by atoms with Gasteiger partial charge in [0.1, 0.15) is 0 Å². The Kier molecular flexibility index (Phi) is 5.52. The number of β-amino-alcohol motifs (C(OH)–C–C–N with tert-alkyl or cyclic N) is 1. The first kappa shape index (κ1) is 18.1. The van der Waals surface area contributed by atoms with Gasteiger partial charge in [0.25, 0.3) is 0 Å². The standard InChI is InChI=1S/C17H25ClN2O3S/c18-16-5-3-4-15(12-16)13-24(22,23)20-10-6-17(21,7-11-20)14-19-8-1-2-9-19/h3-5,12,21H,1-2,6-11,13-14H2. The van der Waals surface area contributed by atoms with E-state index in [9.17, 15) is 13.5 Å². The van der Waals surface area contributed by atoms with Crippen LogP contribution in [0.4, 0.5) is 0 Å². The highest BCUT2D eigenvalue weighted by Gasteiger charge is 2.38. The fourth-order valence-electron chi connectivity index (χ4n) is 3.62. The van der Waals surface area contributed by atoms with Crippen molar-refractivity contribution in [3.8, 4) is 0 Å². The third kappa shape index (κ3) is 4.49. The summed E-state index contributed by atoms with van der Waals surface area (Å²) in [5.74, 6) is -0.0435. The molecule has 0 amide bonds. The SMILES string of the molecule is O=S(=O)(Cc1cccc(Cl)c1)N1CCC(O)(CN2CCCC2)CC1. The summed E-state index contributed by atoms with van der Waals surface area (Å²) in [5.41, 5.74) is -0.0627. The van der Waals surface area contributed by atoms with Crippen molar-refractivity contribution in [3.05, 3.63) is 34.9 Å². The molecule has 2 aliphatic rings. The van der Waals surface area contributed by atoms with E-state index in [4.69, 9.17) is 11.6 Å². The van der Waals surface area contributed by atoms with E-state index < -0.39 is 15.6 Å². The third-order valence-corrected chi connectivity index (χ3v) is 7.09. The highest BCUT2D eigenvalue weighted by molar-refractivity contribution is 7.88. The number of likely N-dealkylation sites (tertiary alicyclic amines) is 1. The monoisotopic (exact) mass is 372 g/mol. The van der Waals surface area contributed by atoms with Crippen molar-refractivity contribution in [3.63, 3.8) is 0 Å². The zero-order chi connectivity index (χ0) is 17.2. The second kappa shape index (κ2) is 7.30. The highest BCUT2D eigenvalue weighted by atomic mass is 35.5. The highest BCUT2D eigenvalue weighted by Crippen LogP contribution is 2.27. The van der Waals surface area contributed by atoms with Gasteiger partial charge in [0.05, 0.1) is 11.4 Å². The Morgan fingerprint density at radius 2 is 1.79 bits per heavy atom. The zero-order valence-corrected chi connectivity index (χ0v) is 15.4. The molecule has 0 unspecified atom stereocenters. The minimum atomic E-state index is -3.38. The van der Waals surface area contributed by atoms with E-state index in [1.54, 1.807) is 24.3 Å². The van der Waals surface area contributed by atoms with Gasteiger partial charge in [-0.3, -0.25) is 0 Å². The normalized spacial score (nSPS) is 22.8. The van der Waals surface area contributed by atoms with E-state index in [2.05, 4.69) is 4.90 Å². The fraction of sp³-hybridized carbons (Fsp3) is 0.647. The number of sulfonamides is 1. The predicted molar refractivity (Wildman–Crippen MR) is 95.5 cm³/mol. The van der Waals surface area contributed by atoms with Gasteiger partial charge in [-0.2, -0.15) is 0 Å². The van der Waals surface area contributed by atoms with Crippen molar-refractivity contribution in [2.75, 3.05) is 32.7 Å². The fourth-order valence-corrected chi connectivity index (χ4v) is 5.36. The van der Waals surface area contributed by atoms with Crippen LogP contribution in [0.2, 0.25) is 5.02 Å². The van der Waals surface area contributed by atoms with Gasteiger partial charge in [0.2, 0.25) is 10.0 Å². The smallest absolute Gasteiger partial charge is 0.218 e. The Bertz CT molecular complexity index is 666. The molecular weight excluding hydrogens is 348 g/mol. The van der Waals surface area contributed by atoms with E-state index in [0.717, 1.165) is 13.1 Å². The van der Waals surface area contributed by atoms with E-state index in [1.165, 1.54) is 17.1 Å². The average Bonchev–Trinajstić information content (AvgIpc) is 2.99. The summed E-state index contributed by atoms with van der Waals surface area (Å²) in [6, 6.07) is 6.96. The van der Waals surface area contributed by atoms with Crippen molar-refractivity contribution >= 4 is 21.6 Å². The number of halogens is 1. The number of nitrogens with zero attached hydrogens (tertiary/aromatic N) is 2. The van der Waals surface area contributed by atoms with Crippen LogP contribution in [0.3, 0.4) is 0 Å². The molecule has 0 aromatic heterocycles. The lowest BCUT2D eigenvalue weighted by Crippen LogP contribution is -2.51. The van der Waals surface area contributed by atoms with Crippen LogP contribution in [-0.4, -0.2) is 61.1 Å². The molecule has 5 nitrogen and oxygen atoms in total. The lowest BCUT2D eigenvalue weighted by Gasteiger charge is -2.39. The summed E-state index contributed by atoms with van der Waals surface area (Å²) in [5, 5.41) is 11.3. The van der Waals surface area contributed by atoms with E-state index in [1.807, 2.05) is 0 Å². The molecule has 1 N–H and O–H groups in total. The van der Waals surface area contributed by atoms with Crippen LogP contribution in [0.5, 0.6) is 0 Å². The van der Waals surface area contributed by atoms with Crippen LogP contribution >= 0.6 is 11.6 Å². The van der Waals surface area contributed by atoms with Gasteiger partial charge in [-0.15, -0.1) is 0 Å². The van der Waals surface area contributed by atoms with Crippen LogP contribution in [0.1, 0.15) is 31.2 Å². The summed E-state index contributed by atoms with van der Waals surface area (Å²) < 4.78 is 26.7. The second-order valence-electron chi connectivity index (χ2n) is 6.99. The first-order valence-electron chi connectivity index (χ1n) is 8.53. The van der Waals surface area contributed by atoms with Gasteiger partial charge in [-0.1, -0.05) is 23.7 Å². The Balaban J connectivity index is 1.58. The van der Waals surface area contributed by atoms with Crippen molar-refractivity contribution < 1.29 is 13.5 Å². The molecule has 0 atom stereocenters. The summed E-state index contributed by atoms with van der Waals surface area (Å²) >= 11 is 5.93. The molecule has 2 aliphatic heterocycles. The zero-order valence-electron chi connectivity index (χ0n) is 13.8. The maximum absolute atomic E-state index is 12.6. The van der Waals surface area contributed by atoms with Crippen molar-refractivity contribution in [2.45, 2.75) is 37.0 Å². The molecule has 0 aliphatic carbocycles. The maximum atomic E-state index is 12.6. The molecule has 2 saturated heterocycles. The molecule has 1 aromatic carbocycles. The number of hydrogen-bond donors (Lipinski definition) is 1. The van der Waals surface area contributed by atoms with Crippen LogP contribution in [-0.2, 0) is 15.8 Å². The Labute approximate surface area is 149 Å². The molecule has 0 bridgehead atoms. The van der Waals surface area contributed by atoms with Crippen LogP contribution in [0, 0.1) is 0 Å². The molecule has 0 radical (unpaired) electrons. The molecule has 2 heterocycles. The molecule has 0 saturated carbocycles. The van der Waals surface area contributed by atoms with Gasteiger partial charge >= 0.3 is 0 Å². The van der Waals surface area contributed by atoms with Gasteiger partial charge in [0.15, 0.2) is 0 Å². The number of piperidine rings is 1. The molecule has 7 heteroatoms. The van der Waals surface area contributed by atoms with Crippen LogP contribution in [0.25, 0.3) is 0 Å². The summed E-state index contributed by atoms with van der Waals surface area (Å²) in [4.78, 5) is 2.29. The first-order chi connectivity index (χ1) is 11.4. The quantitative estimate of drug-likeness (QED) is 0.859. The summed E-state index contributed by atoms with van der Waals surface area (Å²) in [7, 11) is -3.38. The van der Waals surface area contributed by atoms with Gasteiger partial charge in [0, 0.05) is 24.7 Å². The Hall–Kier alpha value is -0.660. The molecule has 1 aromatic rings. The molecule has 3 rings (SSSR count). The Morgan fingerprint density at radius 1 is 1.12 bits per heavy atom. The predicted octanol–water partition coefficient (Wildman–Crippen LogP) is 2.09. The van der Waals surface area contributed by atoms with Gasteiger partial charge < -0.3 is 10.0 Å². The number of rotatable bonds is 5. The third-order valence-electron chi connectivity index (χ3n) is 5.00. The van der Waals surface area contributed by atoms with Crippen LogP contribution in [0.15, 0.2) is 24.3 Å². The van der Waals surface area contributed by atoms with Crippen molar-refractivity contribution in [1.82, 2.24) is 9.21 Å². The van der Waals surface area contributed by atoms with Crippen LogP contribution < -0.4 is 0 Å². The van der Waals surface area contributed by atoms with Gasteiger partial charge in [-0.05, 0) is 56.5 Å². The number of benzene rings is 1. The molecular formula is C17H25ClN2O3S. The Morgan fingerprint density at radius 3 is 2.42 bits per heavy atom. The van der Waals surface area contributed by atoms with E-state index in [-0.39, 0.29) is 5.75 Å². The molecule has 134 valence electrons. The number of aliphatic hydroxyl groups is 1. The average molecular weight is 373 g/mol. The van der Waals surface area contributed by atoms with Crippen molar-refractivity contribution in [2.24, 2.45) is 0 Å². The van der Waals surface area contributed by atoms with Crippen molar-refractivity contribution in [1.29, 1.82) is 0 Å². The topological polar surface area (TPSA) is 60.9 Å². The second-order valence-corrected chi connectivity index (χ2v) is 9.40. The van der Waals surface area contributed by atoms with E-state index in [0.29, 0.717) is 43.1 Å². The first-order valence-corrected chi connectivity index (χ1v) is 10.5. The van der Waals surface area contributed by atoms with Gasteiger partial charge in [-0.25, -0.2) is 12.7 Å². The largest absolute Gasteiger partial charge is 0.388 e. The molecule has 0 spiro atoms. The minimum Gasteiger partial charge on any atom is -0.388 e. The summed E-state index contributed by atoms with van der Waals surface area (Å²) in [6.07, 6.45) is 3.38. The maximum Gasteiger partial charge on any atom is 0.218 e. The minimum absolute atomic E-state index is 0.0435. The summed E-state index contributed by atoms with van der Waals surface area (Å²) in [6.45, 7) is 3.51. The number of hydrogen-bond acceptors (Lipinski definition) is 4. The molecule has 2 fully saturated rings. The van der Waals surface area contributed by atoms with E-state index >= 15 is 0 Å². The lowest BCUT2D eigenvalue weighted by molar-refractivity contribution is -0.0284.